The van der Waals surface area contributed by atoms with Gasteiger partial charge in [0.05, 0.1) is 18.4 Å². The maximum absolute atomic E-state index is 11.9. The predicted octanol–water partition coefficient (Wildman–Crippen LogP) is 5.84. The van der Waals surface area contributed by atoms with Crippen LogP contribution < -0.4 is 0 Å². The minimum Gasteiger partial charge on any atom is -0.476 e. The number of carbonyl (C=O) groups is 1. The second kappa shape index (κ2) is 10.1. The van der Waals surface area contributed by atoms with Crippen molar-refractivity contribution in [2.45, 2.75) is 97.7 Å². The van der Waals surface area contributed by atoms with Crippen molar-refractivity contribution in [1.29, 1.82) is 0 Å². The van der Waals surface area contributed by atoms with Crippen LogP contribution >= 0.6 is 0 Å². The van der Waals surface area contributed by atoms with Crippen molar-refractivity contribution in [3.05, 3.63) is 29.6 Å². The van der Waals surface area contributed by atoms with Gasteiger partial charge in [0, 0.05) is 0 Å². The minimum absolute atomic E-state index is 0.0297. The number of aliphatic hydroxyl groups is 2. The zero-order valence-corrected chi connectivity index (χ0v) is 23.0. The quantitative estimate of drug-likeness (QED) is 0.444. The fraction of sp³-hybridized carbons (Fsp3) is 0.774. The summed E-state index contributed by atoms with van der Waals surface area (Å²) in [7, 11) is 0. The Hall–Kier alpha value is -1.79. The molecular formula is C31H46N2O4. The summed E-state index contributed by atoms with van der Waals surface area (Å²) in [4.78, 5) is 11.2. The Labute approximate surface area is 222 Å². The molecule has 4 unspecified atom stereocenters. The molecule has 4 fully saturated rings. The van der Waals surface area contributed by atoms with Crippen LogP contribution in [0.5, 0.6) is 0 Å². The Morgan fingerprint density at radius 1 is 1.11 bits per heavy atom. The van der Waals surface area contributed by atoms with E-state index in [9.17, 15) is 20.1 Å². The van der Waals surface area contributed by atoms with Crippen LogP contribution in [0.25, 0.3) is 6.08 Å². The summed E-state index contributed by atoms with van der Waals surface area (Å²) in [5.74, 6) is 2.34. The van der Waals surface area contributed by atoms with Gasteiger partial charge in [-0.1, -0.05) is 46.3 Å². The summed E-state index contributed by atoms with van der Waals surface area (Å²) in [5.41, 5.74) is 1.23. The highest BCUT2D eigenvalue weighted by Gasteiger charge is 2.64. The molecule has 1 aromatic rings. The second-order valence-corrected chi connectivity index (χ2v) is 13.4. The number of allylic oxidation sites excluding steroid dienone is 1. The number of aromatic carboxylic acids is 1. The monoisotopic (exact) mass is 510 g/mol. The smallest absolute Gasteiger partial charge is 0.356 e. The van der Waals surface area contributed by atoms with Gasteiger partial charge in [-0.25, -0.2) is 4.79 Å². The molecular weight excluding hydrogens is 464 g/mol. The molecule has 4 aliphatic carbocycles. The molecule has 1 aromatic heterocycles. The van der Waals surface area contributed by atoms with Crippen LogP contribution in [0.15, 0.2) is 18.3 Å². The van der Waals surface area contributed by atoms with Crippen molar-refractivity contribution < 1.29 is 20.1 Å². The molecule has 0 amide bonds. The topological polar surface area (TPSA) is 104 Å². The van der Waals surface area contributed by atoms with Crippen molar-refractivity contribution >= 4 is 12.0 Å². The van der Waals surface area contributed by atoms with E-state index in [1.165, 1.54) is 25.7 Å². The molecule has 3 N–H and O–H groups in total. The number of aliphatic hydroxyl groups excluding tert-OH is 2. The Morgan fingerprint density at radius 3 is 2.57 bits per heavy atom. The van der Waals surface area contributed by atoms with Gasteiger partial charge >= 0.3 is 5.97 Å². The molecule has 0 aliphatic heterocycles. The third-order valence-corrected chi connectivity index (χ3v) is 11.9. The SMILES string of the molecule is CC[C@H]1C(O)C2C3CC[C@H]([C@H](C)C/C=C/c4cnnc(C(=O)O)c4)[C@@]3(C)CCC2[C@@]2(C)CC[C@@H](O)C[C@@H]12. The molecule has 5 rings (SSSR count). The molecule has 6 heteroatoms. The molecule has 0 saturated heterocycles. The first kappa shape index (κ1) is 26.8. The number of hydrogen-bond acceptors (Lipinski definition) is 5. The van der Waals surface area contributed by atoms with Gasteiger partial charge < -0.3 is 15.3 Å². The molecule has 0 radical (unpaired) electrons. The van der Waals surface area contributed by atoms with Gasteiger partial charge in [-0.05, 0) is 115 Å². The molecule has 0 spiro atoms. The normalized spacial score (nSPS) is 44.2. The molecule has 0 bridgehead atoms. The van der Waals surface area contributed by atoms with Crippen LogP contribution in [-0.4, -0.2) is 43.7 Å². The highest BCUT2D eigenvalue weighted by Crippen LogP contribution is 2.69. The summed E-state index contributed by atoms with van der Waals surface area (Å²) in [6, 6.07) is 1.57. The third kappa shape index (κ3) is 4.46. The van der Waals surface area contributed by atoms with Crippen LogP contribution in [0.3, 0.4) is 0 Å². The van der Waals surface area contributed by atoms with Crippen molar-refractivity contribution in [2.24, 2.45) is 52.3 Å². The fourth-order valence-corrected chi connectivity index (χ4v) is 10.1. The summed E-state index contributed by atoms with van der Waals surface area (Å²) < 4.78 is 0. The van der Waals surface area contributed by atoms with Crippen molar-refractivity contribution in [3.63, 3.8) is 0 Å². The highest BCUT2D eigenvalue weighted by atomic mass is 16.4. The summed E-state index contributed by atoms with van der Waals surface area (Å²) in [5, 5.41) is 39.0. The predicted molar refractivity (Wildman–Crippen MR) is 144 cm³/mol. The van der Waals surface area contributed by atoms with Crippen LogP contribution in [0.1, 0.15) is 102 Å². The summed E-state index contributed by atoms with van der Waals surface area (Å²) in [6.07, 6.45) is 15.0. The fourth-order valence-electron chi connectivity index (χ4n) is 10.1. The molecule has 4 aliphatic rings. The number of carboxylic acids is 1. The molecule has 6 nitrogen and oxygen atoms in total. The maximum atomic E-state index is 11.9. The van der Waals surface area contributed by atoms with E-state index in [0.717, 1.165) is 37.7 Å². The Morgan fingerprint density at radius 2 is 1.84 bits per heavy atom. The van der Waals surface area contributed by atoms with Gasteiger partial charge in [-0.15, -0.1) is 5.10 Å². The van der Waals surface area contributed by atoms with Crippen LogP contribution in [0, 0.1) is 52.3 Å². The van der Waals surface area contributed by atoms with Crippen LogP contribution in [-0.2, 0) is 0 Å². The van der Waals surface area contributed by atoms with Crippen molar-refractivity contribution in [2.75, 3.05) is 0 Å². The van der Waals surface area contributed by atoms with Gasteiger partial charge in [0.1, 0.15) is 0 Å². The Balaban J connectivity index is 1.33. The molecule has 4 saturated carbocycles. The first-order chi connectivity index (χ1) is 17.6. The average Bonchev–Trinajstić information content (AvgIpc) is 3.22. The molecule has 11 atom stereocenters. The number of carboxylic acid groups (broad SMARTS) is 1. The standard InChI is InChI=1S/C31H46N2O4/c1-5-21-25-16-20(34)11-13-31(25,4)24-12-14-30(3)22(9-10-23(30)27(24)28(21)35)18(2)7-6-8-19-15-26(29(36)37)33-32-17-19/h6,8,15,17-18,20-25,27-28,34-35H,5,7,9-14,16H2,1-4H3,(H,36,37)/b8-6+/t18-,20-,21-,22-,23?,24?,25+,27?,28?,30-,31-/m1/s1. The number of fused-ring (bicyclic) bond motifs is 5. The van der Waals surface area contributed by atoms with E-state index in [0.29, 0.717) is 41.4 Å². The Kier molecular flexibility index (Phi) is 7.29. The van der Waals surface area contributed by atoms with Gasteiger partial charge in [0.15, 0.2) is 5.69 Å². The lowest BCUT2D eigenvalue weighted by atomic mass is 9.41. The molecule has 0 aromatic carbocycles. The first-order valence-electron chi connectivity index (χ1n) is 14.7. The number of aromatic nitrogens is 2. The zero-order valence-electron chi connectivity index (χ0n) is 23.0. The number of nitrogens with zero attached hydrogens (tertiary/aromatic N) is 2. The maximum Gasteiger partial charge on any atom is 0.356 e. The first-order valence-corrected chi connectivity index (χ1v) is 14.7. The van der Waals surface area contributed by atoms with E-state index >= 15 is 0 Å². The lowest BCUT2D eigenvalue weighted by Crippen LogP contribution is -2.62. The van der Waals surface area contributed by atoms with Crippen molar-refractivity contribution in [1.82, 2.24) is 10.2 Å². The molecule has 204 valence electrons. The van der Waals surface area contributed by atoms with Crippen molar-refractivity contribution in [3.8, 4) is 0 Å². The summed E-state index contributed by atoms with van der Waals surface area (Å²) >= 11 is 0. The number of rotatable bonds is 6. The Bertz CT molecular complexity index is 1030. The van der Waals surface area contributed by atoms with E-state index in [1.807, 2.05) is 6.08 Å². The highest BCUT2D eigenvalue weighted by molar-refractivity contribution is 5.85. The molecule has 1 heterocycles. The minimum atomic E-state index is -1.06. The average molecular weight is 511 g/mol. The zero-order chi connectivity index (χ0) is 26.5. The third-order valence-electron chi connectivity index (χ3n) is 11.9. The second-order valence-electron chi connectivity index (χ2n) is 13.4. The summed E-state index contributed by atoms with van der Waals surface area (Å²) in [6.45, 7) is 9.63. The van der Waals surface area contributed by atoms with E-state index in [1.54, 1.807) is 12.3 Å². The van der Waals surface area contributed by atoms with E-state index in [2.05, 4.69) is 44.0 Å². The van der Waals surface area contributed by atoms with E-state index in [4.69, 9.17) is 0 Å². The number of hydrogen-bond donors (Lipinski definition) is 3. The lowest BCUT2D eigenvalue weighted by molar-refractivity contribution is -0.203. The van der Waals surface area contributed by atoms with Gasteiger partial charge in [0.25, 0.3) is 0 Å². The lowest BCUT2D eigenvalue weighted by Gasteiger charge is -2.64. The van der Waals surface area contributed by atoms with Gasteiger partial charge in [-0.3, -0.25) is 0 Å². The largest absolute Gasteiger partial charge is 0.476 e. The van der Waals surface area contributed by atoms with E-state index in [-0.39, 0.29) is 28.7 Å². The van der Waals surface area contributed by atoms with Crippen LogP contribution in [0.2, 0.25) is 0 Å². The van der Waals surface area contributed by atoms with Gasteiger partial charge in [0.2, 0.25) is 0 Å². The molecule has 37 heavy (non-hydrogen) atoms. The van der Waals surface area contributed by atoms with E-state index < -0.39 is 5.97 Å². The van der Waals surface area contributed by atoms with Crippen LogP contribution in [0.4, 0.5) is 0 Å². The van der Waals surface area contributed by atoms with Gasteiger partial charge in [-0.2, -0.15) is 5.10 Å².